The SMILES string of the molecule is COCCOc1ncc(Cl)cc1C(=O)NC1N=C(c2c(Cl)cc(Cl)cc2Cl)c2ccccc2NC1=O. The molecule has 0 saturated heterocycles. The van der Waals surface area contributed by atoms with Crippen LogP contribution < -0.4 is 15.4 Å². The van der Waals surface area contributed by atoms with Gasteiger partial charge in [0.05, 0.1) is 33.1 Å². The number of carbonyl (C=O) groups is 2. The average molecular weight is 568 g/mol. The first-order valence-corrected chi connectivity index (χ1v) is 12.0. The number of ether oxygens (including phenoxy) is 2. The number of carbonyl (C=O) groups excluding carboxylic acids is 2. The lowest BCUT2D eigenvalue weighted by Gasteiger charge is -2.16. The first-order chi connectivity index (χ1) is 17.3. The second-order valence-electron chi connectivity index (χ2n) is 7.48. The Labute approximate surface area is 226 Å². The third kappa shape index (κ3) is 5.74. The Hall–Kier alpha value is -2.88. The largest absolute Gasteiger partial charge is 0.475 e. The molecule has 1 aliphatic heterocycles. The molecular formula is C24H18Cl4N4O4. The van der Waals surface area contributed by atoms with Gasteiger partial charge in [0.2, 0.25) is 12.0 Å². The van der Waals surface area contributed by atoms with Crippen LogP contribution >= 0.6 is 46.4 Å². The molecule has 8 nitrogen and oxygen atoms in total. The molecule has 4 rings (SSSR count). The summed E-state index contributed by atoms with van der Waals surface area (Å²) in [5.74, 6) is -1.23. The number of benzodiazepines with no additional fused rings is 1. The van der Waals surface area contributed by atoms with Crippen molar-refractivity contribution in [3.05, 3.63) is 85.4 Å². The van der Waals surface area contributed by atoms with Crippen LogP contribution in [0.15, 0.2) is 53.7 Å². The number of amides is 2. The van der Waals surface area contributed by atoms with Gasteiger partial charge in [-0.05, 0) is 24.3 Å². The van der Waals surface area contributed by atoms with Gasteiger partial charge in [-0.1, -0.05) is 64.6 Å². The van der Waals surface area contributed by atoms with Crippen LogP contribution in [0, 0.1) is 0 Å². The van der Waals surface area contributed by atoms with Crippen LogP contribution in [0.3, 0.4) is 0 Å². The molecule has 1 atom stereocenters. The summed E-state index contributed by atoms with van der Waals surface area (Å²) in [5, 5.41) is 6.39. The Bertz CT molecular complexity index is 1340. The van der Waals surface area contributed by atoms with Crippen molar-refractivity contribution in [2.75, 3.05) is 25.6 Å². The van der Waals surface area contributed by atoms with E-state index in [4.69, 9.17) is 55.9 Å². The van der Waals surface area contributed by atoms with Crippen molar-refractivity contribution in [2.45, 2.75) is 6.17 Å². The van der Waals surface area contributed by atoms with Crippen molar-refractivity contribution in [2.24, 2.45) is 4.99 Å². The maximum absolute atomic E-state index is 13.2. The average Bonchev–Trinajstić information content (AvgIpc) is 2.96. The zero-order chi connectivity index (χ0) is 25.8. The topological polar surface area (TPSA) is 102 Å². The molecule has 1 aliphatic rings. The van der Waals surface area contributed by atoms with E-state index in [0.29, 0.717) is 27.5 Å². The number of benzene rings is 2. The zero-order valence-corrected chi connectivity index (χ0v) is 21.7. The first kappa shape index (κ1) is 26.2. The second kappa shape index (κ2) is 11.5. The minimum atomic E-state index is -1.35. The number of methoxy groups -OCH3 is 1. The van der Waals surface area contributed by atoms with Crippen LogP contribution in [0.1, 0.15) is 21.5 Å². The molecule has 1 aromatic heterocycles. The fourth-order valence-corrected chi connectivity index (χ4v) is 4.60. The summed E-state index contributed by atoms with van der Waals surface area (Å²) in [6.45, 7) is 0.436. The maximum atomic E-state index is 13.2. The van der Waals surface area contributed by atoms with Crippen molar-refractivity contribution in [3.63, 3.8) is 0 Å². The van der Waals surface area contributed by atoms with Gasteiger partial charge < -0.3 is 20.1 Å². The minimum absolute atomic E-state index is 0.0208. The molecule has 186 valence electrons. The summed E-state index contributed by atoms with van der Waals surface area (Å²) < 4.78 is 10.5. The Balaban J connectivity index is 1.75. The minimum Gasteiger partial charge on any atom is -0.475 e. The van der Waals surface area contributed by atoms with E-state index in [1.165, 1.54) is 31.5 Å². The van der Waals surface area contributed by atoms with E-state index in [1.54, 1.807) is 24.3 Å². The number of hydrogen-bond donors (Lipinski definition) is 2. The molecular weight excluding hydrogens is 550 g/mol. The van der Waals surface area contributed by atoms with E-state index in [1.807, 2.05) is 0 Å². The molecule has 12 heteroatoms. The van der Waals surface area contributed by atoms with Crippen LogP contribution in [0.2, 0.25) is 20.1 Å². The quantitative estimate of drug-likeness (QED) is 0.379. The van der Waals surface area contributed by atoms with Gasteiger partial charge in [0.15, 0.2) is 0 Å². The summed E-state index contributed by atoms with van der Waals surface area (Å²) in [4.78, 5) is 35.0. The molecule has 2 aromatic carbocycles. The highest BCUT2D eigenvalue weighted by Gasteiger charge is 2.30. The van der Waals surface area contributed by atoms with Crippen LogP contribution in [-0.4, -0.2) is 49.0 Å². The summed E-state index contributed by atoms with van der Waals surface area (Å²) in [5.41, 5.74) is 1.70. The van der Waals surface area contributed by atoms with Gasteiger partial charge in [-0.15, -0.1) is 0 Å². The van der Waals surface area contributed by atoms with Crippen molar-refractivity contribution in [1.29, 1.82) is 0 Å². The molecule has 3 aromatic rings. The van der Waals surface area contributed by atoms with Gasteiger partial charge >= 0.3 is 0 Å². The van der Waals surface area contributed by atoms with E-state index in [0.717, 1.165) is 0 Å². The van der Waals surface area contributed by atoms with Crippen molar-refractivity contribution in [3.8, 4) is 5.88 Å². The summed E-state index contributed by atoms with van der Waals surface area (Å²) >= 11 is 25.1. The molecule has 0 aliphatic carbocycles. The predicted octanol–water partition coefficient (Wildman–Crippen LogP) is 5.27. The monoisotopic (exact) mass is 566 g/mol. The molecule has 0 saturated carbocycles. The number of hydrogen-bond acceptors (Lipinski definition) is 6. The highest BCUT2D eigenvalue weighted by Crippen LogP contribution is 2.34. The highest BCUT2D eigenvalue weighted by molar-refractivity contribution is 6.44. The number of pyridine rings is 1. The Morgan fingerprint density at radius 3 is 2.50 bits per heavy atom. The molecule has 36 heavy (non-hydrogen) atoms. The third-order valence-electron chi connectivity index (χ3n) is 5.05. The normalized spacial score (nSPS) is 14.9. The number of nitrogens with zero attached hydrogens (tertiary/aromatic N) is 2. The van der Waals surface area contributed by atoms with E-state index in [9.17, 15) is 9.59 Å². The van der Waals surface area contributed by atoms with Crippen LogP contribution in [0.5, 0.6) is 5.88 Å². The molecule has 2 N–H and O–H groups in total. The van der Waals surface area contributed by atoms with E-state index in [-0.39, 0.29) is 39.7 Å². The van der Waals surface area contributed by atoms with E-state index >= 15 is 0 Å². The van der Waals surface area contributed by atoms with Gasteiger partial charge in [0.25, 0.3) is 11.8 Å². The number of nitrogens with one attached hydrogen (secondary N) is 2. The number of fused-ring (bicyclic) bond motifs is 1. The van der Waals surface area contributed by atoms with Gasteiger partial charge in [-0.3, -0.25) is 9.59 Å². The number of aromatic nitrogens is 1. The number of rotatable bonds is 7. The smallest absolute Gasteiger partial charge is 0.269 e. The maximum Gasteiger partial charge on any atom is 0.269 e. The van der Waals surface area contributed by atoms with Gasteiger partial charge in [-0.25, -0.2) is 9.98 Å². The molecule has 1 unspecified atom stereocenters. The molecule has 2 amide bonds. The summed E-state index contributed by atoms with van der Waals surface area (Å²) in [6, 6.07) is 11.4. The summed E-state index contributed by atoms with van der Waals surface area (Å²) in [7, 11) is 1.52. The third-order valence-corrected chi connectivity index (χ3v) is 6.07. The van der Waals surface area contributed by atoms with Gasteiger partial charge in [-0.2, -0.15) is 0 Å². The van der Waals surface area contributed by atoms with E-state index < -0.39 is 18.0 Å². The number of aliphatic imine (C=N–C) groups is 1. The fourth-order valence-electron chi connectivity index (χ4n) is 3.45. The van der Waals surface area contributed by atoms with Gasteiger partial charge in [0, 0.05) is 29.5 Å². The lowest BCUT2D eigenvalue weighted by Crippen LogP contribution is -2.42. The number of anilines is 1. The molecule has 0 radical (unpaired) electrons. The van der Waals surface area contributed by atoms with Crippen molar-refractivity contribution in [1.82, 2.24) is 10.3 Å². The van der Waals surface area contributed by atoms with E-state index in [2.05, 4.69) is 20.6 Å². The first-order valence-electron chi connectivity index (χ1n) is 10.5. The molecule has 0 bridgehead atoms. The Morgan fingerprint density at radius 2 is 1.78 bits per heavy atom. The van der Waals surface area contributed by atoms with Crippen LogP contribution in [0.4, 0.5) is 5.69 Å². The van der Waals surface area contributed by atoms with Crippen LogP contribution in [-0.2, 0) is 9.53 Å². The van der Waals surface area contributed by atoms with Crippen LogP contribution in [0.25, 0.3) is 0 Å². The molecule has 0 fully saturated rings. The van der Waals surface area contributed by atoms with Gasteiger partial charge in [0.1, 0.15) is 12.2 Å². The second-order valence-corrected chi connectivity index (χ2v) is 9.17. The predicted molar refractivity (Wildman–Crippen MR) is 140 cm³/mol. The standard InChI is InChI=1S/C24H18Cl4N4O4/c1-35-6-7-36-24-15(8-13(26)11-29-24)22(33)32-21-23(34)30-18-5-3-2-4-14(18)20(31-21)19-16(27)9-12(25)10-17(19)28/h2-5,8-11,21H,6-7H2,1H3,(H,30,34)(H,32,33). The molecule has 0 spiro atoms. The zero-order valence-electron chi connectivity index (χ0n) is 18.6. The van der Waals surface area contributed by atoms with Crippen molar-refractivity contribution >= 4 is 69.6 Å². The number of para-hydroxylation sites is 1. The Kier molecular flexibility index (Phi) is 8.33. The molecule has 2 heterocycles. The highest BCUT2D eigenvalue weighted by atomic mass is 35.5. The fraction of sp³-hybridized carbons (Fsp3) is 0.167. The lowest BCUT2D eigenvalue weighted by atomic mass is 10.0. The van der Waals surface area contributed by atoms with Crippen molar-refractivity contribution < 1.29 is 19.1 Å². The Morgan fingerprint density at radius 1 is 1.06 bits per heavy atom. The number of halogens is 4. The lowest BCUT2D eigenvalue weighted by molar-refractivity contribution is -0.117. The summed E-state index contributed by atoms with van der Waals surface area (Å²) in [6.07, 6.45) is -0.00971.